The van der Waals surface area contributed by atoms with Crippen molar-refractivity contribution in [2.75, 3.05) is 6.61 Å². The van der Waals surface area contributed by atoms with Gasteiger partial charge in [0.05, 0.1) is 5.54 Å². The van der Waals surface area contributed by atoms with Gasteiger partial charge in [-0.3, -0.25) is 4.98 Å². The highest BCUT2D eigenvalue weighted by atomic mass is 79.9. The first-order valence-corrected chi connectivity index (χ1v) is 6.72. The van der Waals surface area contributed by atoms with Crippen LogP contribution in [0.3, 0.4) is 0 Å². The standard InChI is InChI=1S/C13H16BrN2O2/c1-4-13(17,9-5-6-15-7-10(9)14)11-16-12(2,3)8-18-11/h5-7H,4,8H2,1-3H3/q-1. The Labute approximate surface area is 115 Å². The molecule has 4 nitrogen and oxygen atoms in total. The van der Waals surface area contributed by atoms with Crippen LogP contribution in [0.1, 0.15) is 32.8 Å². The average molecular weight is 312 g/mol. The molecule has 1 aromatic heterocycles. The van der Waals surface area contributed by atoms with E-state index in [2.05, 4.69) is 25.9 Å². The SMILES string of the molecule is CCC([O-])(C1=NC(C)(C)CO1)c1ccncc1Br. The first kappa shape index (κ1) is 13.5. The summed E-state index contributed by atoms with van der Waals surface area (Å²) >= 11 is 3.38. The molecule has 1 aliphatic rings. The number of hydrogen-bond donors (Lipinski definition) is 0. The molecule has 0 aliphatic carbocycles. The molecule has 1 aliphatic heterocycles. The highest BCUT2D eigenvalue weighted by Gasteiger charge is 2.35. The Morgan fingerprint density at radius 1 is 1.56 bits per heavy atom. The molecule has 0 N–H and O–H groups in total. The second kappa shape index (κ2) is 4.63. The van der Waals surface area contributed by atoms with Crippen LogP contribution in [0.15, 0.2) is 27.9 Å². The van der Waals surface area contributed by atoms with E-state index in [4.69, 9.17) is 4.74 Å². The van der Waals surface area contributed by atoms with Crippen LogP contribution in [0.4, 0.5) is 0 Å². The number of halogens is 1. The normalized spacial score (nSPS) is 21.1. The summed E-state index contributed by atoms with van der Waals surface area (Å²) in [5.74, 6) is 0.280. The Balaban J connectivity index is 2.47. The number of hydrogen-bond acceptors (Lipinski definition) is 4. The van der Waals surface area contributed by atoms with Crippen LogP contribution in [-0.2, 0) is 10.3 Å². The lowest BCUT2D eigenvalue weighted by molar-refractivity contribution is -0.463. The predicted molar refractivity (Wildman–Crippen MR) is 71.4 cm³/mol. The number of aliphatic imine (C=N–C) groups is 1. The van der Waals surface area contributed by atoms with Crippen LogP contribution >= 0.6 is 15.9 Å². The predicted octanol–water partition coefficient (Wildman–Crippen LogP) is 2.02. The van der Waals surface area contributed by atoms with Crippen LogP contribution in [0.2, 0.25) is 0 Å². The summed E-state index contributed by atoms with van der Waals surface area (Å²) in [7, 11) is 0. The molecule has 0 radical (unpaired) electrons. The van der Waals surface area contributed by atoms with Crippen LogP contribution in [0, 0.1) is 0 Å². The molecule has 18 heavy (non-hydrogen) atoms. The van der Waals surface area contributed by atoms with E-state index >= 15 is 0 Å². The third-order valence-corrected chi connectivity index (χ3v) is 3.65. The maximum atomic E-state index is 13.1. The van der Waals surface area contributed by atoms with Gasteiger partial charge in [0.15, 0.2) is 5.90 Å². The third-order valence-electron chi connectivity index (χ3n) is 3.02. The van der Waals surface area contributed by atoms with E-state index in [9.17, 15) is 5.11 Å². The van der Waals surface area contributed by atoms with Gasteiger partial charge in [-0.15, -0.1) is 0 Å². The lowest BCUT2D eigenvalue weighted by Crippen LogP contribution is -2.48. The molecule has 2 rings (SSSR count). The molecule has 2 heterocycles. The zero-order chi connectivity index (χ0) is 13.4. The van der Waals surface area contributed by atoms with Crippen LogP contribution in [0.5, 0.6) is 0 Å². The van der Waals surface area contributed by atoms with Crippen LogP contribution in [-0.4, -0.2) is 23.0 Å². The highest BCUT2D eigenvalue weighted by Crippen LogP contribution is 2.33. The summed E-state index contributed by atoms with van der Waals surface area (Å²) in [6, 6.07) is 1.72. The molecule has 98 valence electrons. The van der Waals surface area contributed by atoms with E-state index in [1.807, 2.05) is 20.8 Å². The molecule has 1 unspecified atom stereocenters. The number of aromatic nitrogens is 1. The van der Waals surface area contributed by atoms with Crippen molar-refractivity contribution >= 4 is 21.8 Å². The molecule has 0 bridgehead atoms. The Morgan fingerprint density at radius 2 is 2.28 bits per heavy atom. The highest BCUT2D eigenvalue weighted by molar-refractivity contribution is 9.10. The molecule has 0 fully saturated rings. The minimum absolute atomic E-state index is 0.280. The van der Waals surface area contributed by atoms with Gasteiger partial charge in [-0.25, -0.2) is 4.99 Å². The summed E-state index contributed by atoms with van der Waals surface area (Å²) in [4.78, 5) is 8.40. The quantitative estimate of drug-likeness (QED) is 0.858. The molecule has 0 amide bonds. The number of rotatable bonds is 3. The van der Waals surface area contributed by atoms with Crippen molar-refractivity contribution in [3.63, 3.8) is 0 Å². The fourth-order valence-corrected chi connectivity index (χ4v) is 2.52. The van der Waals surface area contributed by atoms with Gasteiger partial charge in [0, 0.05) is 16.9 Å². The van der Waals surface area contributed by atoms with E-state index in [1.165, 1.54) is 0 Å². The minimum Gasteiger partial charge on any atom is -0.839 e. The molecular weight excluding hydrogens is 296 g/mol. The fourth-order valence-electron chi connectivity index (χ4n) is 1.95. The minimum atomic E-state index is -1.45. The van der Waals surface area contributed by atoms with Crippen molar-refractivity contribution in [1.29, 1.82) is 0 Å². The van der Waals surface area contributed by atoms with E-state index in [1.54, 1.807) is 18.5 Å². The summed E-state index contributed by atoms with van der Waals surface area (Å²) in [6.45, 7) is 6.21. The van der Waals surface area contributed by atoms with Gasteiger partial charge in [-0.2, -0.15) is 0 Å². The number of nitrogens with zero attached hydrogens (tertiary/aromatic N) is 2. The zero-order valence-corrected chi connectivity index (χ0v) is 12.3. The molecule has 1 aromatic rings. The average Bonchev–Trinajstić information content (AvgIpc) is 2.70. The number of ether oxygens (including phenoxy) is 1. The third kappa shape index (κ3) is 2.29. The lowest BCUT2D eigenvalue weighted by atomic mass is 9.91. The lowest BCUT2D eigenvalue weighted by Gasteiger charge is -2.39. The summed E-state index contributed by atoms with van der Waals surface area (Å²) in [5, 5.41) is 13.1. The monoisotopic (exact) mass is 311 g/mol. The second-order valence-corrected chi connectivity index (χ2v) is 5.91. The zero-order valence-electron chi connectivity index (χ0n) is 10.7. The Hall–Kier alpha value is -0.940. The molecule has 0 aromatic carbocycles. The van der Waals surface area contributed by atoms with Gasteiger partial charge in [-0.05, 0) is 47.0 Å². The summed E-state index contributed by atoms with van der Waals surface area (Å²) in [6.07, 6.45) is 3.62. The Bertz CT molecular complexity index is 488. The van der Waals surface area contributed by atoms with Crippen molar-refractivity contribution in [2.45, 2.75) is 38.3 Å². The topological polar surface area (TPSA) is 57.5 Å². The second-order valence-electron chi connectivity index (χ2n) is 5.05. The van der Waals surface area contributed by atoms with E-state index < -0.39 is 5.60 Å². The molecule has 0 saturated heterocycles. The molecular formula is C13H16BrN2O2-. The molecule has 0 spiro atoms. The van der Waals surface area contributed by atoms with Gasteiger partial charge >= 0.3 is 0 Å². The van der Waals surface area contributed by atoms with E-state index in [-0.39, 0.29) is 11.4 Å². The van der Waals surface area contributed by atoms with Crippen molar-refractivity contribution in [1.82, 2.24) is 4.98 Å². The largest absolute Gasteiger partial charge is 0.839 e. The summed E-state index contributed by atoms with van der Waals surface area (Å²) < 4.78 is 6.22. The Morgan fingerprint density at radius 3 is 2.78 bits per heavy atom. The van der Waals surface area contributed by atoms with Gasteiger partial charge in [0.2, 0.25) is 0 Å². The maximum absolute atomic E-state index is 13.1. The first-order chi connectivity index (χ1) is 8.39. The van der Waals surface area contributed by atoms with Crippen molar-refractivity contribution in [3.8, 4) is 0 Å². The van der Waals surface area contributed by atoms with Gasteiger partial charge in [0.25, 0.3) is 0 Å². The van der Waals surface area contributed by atoms with Crippen LogP contribution < -0.4 is 5.11 Å². The van der Waals surface area contributed by atoms with Crippen LogP contribution in [0.25, 0.3) is 0 Å². The molecule has 1 atom stereocenters. The maximum Gasteiger partial charge on any atom is 0.177 e. The molecule has 5 heteroatoms. The van der Waals surface area contributed by atoms with Gasteiger partial charge in [0.1, 0.15) is 6.61 Å². The van der Waals surface area contributed by atoms with E-state index in [0.29, 0.717) is 23.1 Å². The van der Waals surface area contributed by atoms with Crippen molar-refractivity contribution in [2.24, 2.45) is 4.99 Å². The van der Waals surface area contributed by atoms with Gasteiger partial charge in [-0.1, -0.05) is 13.3 Å². The Kier molecular flexibility index (Phi) is 3.47. The smallest absolute Gasteiger partial charge is 0.177 e. The van der Waals surface area contributed by atoms with Crippen molar-refractivity contribution < 1.29 is 9.84 Å². The first-order valence-electron chi connectivity index (χ1n) is 5.92. The van der Waals surface area contributed by atoms with Crippen molar-refractivity contribution in [3.05, 3.63) is 28.5 Å². The summed E-state index contributed by atoms with van der Waals surface area (Å²) in [5.41, 5.74) is -1.15. The molecule has 0 saturated carbocycles. The fraction of sp³-hybridized carbons (Fsp3) is 0.538. The van der Waals surface area contributed by atoms with Gasteiger partial charge < -0.3 is 9.84 Å². The van der Waals surface area contributed by atoms with E-state index in [0.717, 1.165) is 0 Å². The number of pyridine rings is 1.